The van der Waals surface area contributed by atoms with Gasteiger partial charge in [-0.3, -0.25) is 14.0 Å². The summed E-state index contributed by atoms with van der Waals surface area (Å²) in [7, 11) is -3.34. The molecule has 8 heteroatoms. The van der Waals surface area contributed by atoms with Crippen molar-refractivity contribution in [2.45, 2.75) is 20.0 Å². The van der Waals surface area contributed by atoms with E-state index in [0.29, 0.717) is 24.3 Å². The monoisotopic (exact) mass is 431 g/mol. The van der Waals surface area contributed by atoms with Crippen LogP contribution in [0.25, 0.3) is 0 Å². The first kappa shape index (κ1) is 22.3. The number of nitrogens with zero attached hydrogens (tertiary/aromatic N) is 2. The Bertz CT molecular complexity index is 937. The van der Waals surface area contributed by atoms with E-state index in [1.165, 1.54) is 16.1 Å². The van der Waals surface area contributed by atoms with E-state index in [-0.39, 0.29) is 5.91 Å². The molecule has 2 aromatic rings. The van der Waals surface area contributed by atoms with Crippen LogP contribution in [-0.4, -0.2) is 58.3 Å². The van der Waals surface area contributed by atoms with Crippen molar-refractivity contribution in [3.8, 4) is 0 Å². The summed E-state index contributed by atoms with van der Waals surface area (Å²) >= 11 is 0. The molecule has 1 aliphatic rings. The first-order valence-corrected chi connectivity index (χ1v) is 12.0. The zero-order chi connectivity index (χ0) is 21.6. The Labute approximate surface area is 178 Å². The lowest BCUT2D eigenvalue weighted by atomic mass is 10.1. The van der Waals surface area contributed by atoms with Crippen LogP contribution in [0.2, 0.25) is 0 Å². The summed E-state index contributed by atoms with van der Waals surface area (Å²) < 4.78 is 30.3. The maximum atomic E-state index is 12.4. The summed E-state index contributed by atoms with van der Waals surface area (Å²) in [4.78, 5) is 14.8. The van der Waals surface area contributed by atoms with Crippen LogP contribution < -0.4 is 9.62 Å². The summed E-state index contributed by atoms with van der Waals surface area (Å²) in [5, 5.41) is 2.91. The van der Waals surface area contributed by atoms with Gasteiger partial charge in [-0.05, 0) is 42.3 Å². The molecule has 1 fully saturated rings. The Hall–Kier alpha value is -2.42. The molecule has 0 atom stereocenters. The lowest BCUT2D eigenvalue weighted by Crippen LogP contribution is -2.35. The number of sulfonamides is 1. The largest absolute Gasteiger partial charge is 0.379 e. The molecule has 1 N–H and O–H groups in total. The van der Waals surface area contributed by atoms with Gasteiger partial charge < -0.3 is 10.1 Å². The molecule has 1 heterocycles. The number of nitrogens with one attached hydrogen (secondary N) is 1. The number of morpholine rings is 1. The van der Waals surface area contributed by atoms with Crippen molar-refractivity contribution in [1.82, 2.24) is 10.2 Å². The molecule has 0 radical (unpaired) electrons. The molecule has 1 amide bonds. The van der Waals surface area contributed by atoms with Gasteiger partial charge in [-0.25, -0.2) is 8.42 Å². The molecular weight excluding hydrogens is 402 g/mol. The second-order valence-corrected chi connectivity index (χ2v) is 9.27. The SMILES string of the molecule is CCN(c1ccc(C(=O)NCc2ccc(CN3CCOCC3)cc2)cc1)S(C)(=O)=O. The number of ether oxygens (including phenoxy) is 1. The minimum atomic E-state index is -3.34. The zero-order valence-electron chi connectivity index (χ0n) is 17.5. The first-order chi connectivity index (χ1) is 14.4. The van der Waals surface area contributed by atoms with Crippen LogP contribution in [0.4, 0.5) is 5.69 Å². The van der Waals surface area contributed by atoms with Crippen LogP contribution >= 0.6 is 0 Å². The van der Waals surface area contributed by atoms with E-state index < -0.39 is 10.0 Å². The minimum Gasteiger partial charge on any atom is -0.379 e. The second-order valence-electron chi connectivity index (χ2n) is 7.36. The highest BCUT2D eigenvalue weighted by Crippen LogP contribution is 2.18. The number of hydrogen-bond acceptors (Lipinski definition) is 5. The van der Waals surface area contributed by atoms with E-state index in [2.05, 4.69) is 22.3 Å². The highest BCUT2D eigenvalue weighted by atomic mass is 32.2. The Morgan fingerprint density at radius 3 is 2.20 bits per heavy atom. The van der Waals surface area contributed by atoms with E-state index in [4.69, 9.17) is 4.74 Å². The lowest BCUT2D eigenvalue weighted by molar-refractivity contribution is 0.0342. The number of benzene rings is 2. The molecule has 3 rings (SSSR count). The number of hydrogen-bond donors (Lipinski definition) is 1. The molecule has 1 aliphatic heterocycles. The smallest absolute Gasteiger partial charge is 0.251 e. The molecule has 7 nitrogen and oxygen atoms in total. The van der Waals surface area contributed by atoms with Gasteiger partial charge in [-0.15, -0.1) is 0 Å². The number of carbonyl (C=O) groups excluding carboxylic acids is 1. The molecular formula is C22H29N3O4S. The van der Waals surface area contributed by atoms with Gasteiger partial charge in [0, 0.05) is 38.3 Å². The molecule has 0 aliphatic carbocycles. The standard InChI is InChI=1S/C22H29N3O4S/c1-3-25(30(2,27)28)21-10-8-20(9-11-21)22(26)23-16-18-4-6-19(7-5-18)17-24-12-14-29-15-13-24/h4-11H,3,12-17H2,1-2H3,(H,23,26). The van der Waals surface area contributed by atoms with Crippen molar-refractivity contribution in [1.29, 1.82) is 0 Å². The topological polar surface area (TPSA) is 79.0 Å². The summed E-state index contributed by atoms with van der Waals surface area (Å²) in [6.07, 6.45) is 1.17. The van der Waals surface area contributed by atoms with Crippen molar-refractivity contribution in [3.63, 3.8) is 0 Å². The van der Waals surface area contributed by atoms with Gasteiger partial charge in [-0.2, -0.15) is 0 Å². The van der Waals surface area contributed by atoms with Crippen LogP contribution in [0, 0.1) is 0 Å². The average Bonchev–Trinajstić information content (AvgIpc) is 2.74. The van der Waals surface area contributed by atoms with Gasteiger partial charge in [-0.1, -0.05) is 24.3 Å². The zero-order valence-corrected chi connectivity index (χ0v) is 18.3. The molecule has 0 unspecified atom stereocenters. The molecule has 0 spiro atoms. The third kappa shape index (κ3) is 6.04. The van der Waals surface area contributed by atoms with Crippen LogP contribution in [0.3, 0.4) is 0 Å². The van der Waals surface area contributed by atoms with Crippen LogP contribution in [-0.2, 0) is 27.8 Å². The van der Waals surface area contributed by atoms with Gasteiger partial charge in [0.1, 0.15) is 0 Å². The normalized spacial score (nSPS) is 15.0. The van der Waals surface area contributed by atoms with E-state index in [1.54, 1.807) is 31.2 Å². The van der Waals surface area contributed by atoms with Crippen molar-refractivity contribution in [2.75, 3.05) is 43.4 Å². The highest BCUT2D eigenvalue weighted by Gasteiger charge is 2.16. The van der Waals surface area contributed by atoms with E-state index in [1.807, 2.05) is 12.1 Å². The lowest BCUT2D eigenvalue weighted by Gasteiger charge is -2.26. The summed E-state index contributed by atoms with van der Waals surface area (Å²) in [6, 6.07) is 14.8. The predicted molar refractivity (Wildman–Crippen MR) is 118 cm³/mol. The number of amides is 1. The van der Waals surface area contributed by atoms with Gasteiger partial charge in [0.05, 0.1) is 25.2 Å². The Morgan fingerprint density at radius 1 is 1.03 bits per heavy atom. The Balaban J connectivity index is 1.53. The summed E-state index contributed by atoms with van der Waals surface area (Å²) in [5.74, 6) is -0.193. The Morgan fingerprint density at radius 2 is 1.63 bits per heavy atom. The number of carbonyl (C=O) groups is 1. The van der Waals surface area contributed by atoms with Gasteiger partial charge in [0.15, 0.2) is 0 Å². The third-order valence-corrected chi connectivity index (χ3v) is 6.36. The predicted octanol–water partition coefficient (Wildman–Crippen LogP) is 2.23. The van der Waals surface area contributed by atoms with Gasteiger partial charge >= 0.3 is 0 Å². The number of anilines is 1. The van der Waals surface area contributed by atoms with E-state index in [0.717, 1.165) is 38.4 Å². The summed E-state index contributed by atoms with van der Waals surface area (Å²) in [5.41, 5.74) is 3.31. The molecule has 0 aromatic heterocycles. The maximum Gasteiger partial charge on any atom is 0.251 e. The minimum absolute atomic E-state index is 0.193. The fourth-order valence-corrected chi connectivity index (χ4v) is 4.43. The highest BCUT2D eigenvalue weighted by molar-refractivity contribution is 7.92. The maximum absolute atomic E-state index is 12.4. The Kier molecular flexibility index (Phi) is 7.47. The number of rotatable bonds is 8. The fourth-order valence-electron chi connectivity index (χ4n) is 3.45. The molecule has 162 valence electrons. The van der Waals surface area contributed by atoms with Crippen LogP contribution in [0.15, 0.2) is 48.5 Å². The average molecular weight is 432 g/mol. The van der Waals surface area contributed by atoms with Crippen molar-refractivity contribution in [3.05, 3.63) is 65.2 Å². The van der Waals surface area contributed by atoms with Gasteiger partial charge in [0.25, 0.3) is 5.91 Å². The summed E-state index contributed by atoms with van der Waals surface area (Å²) in [6.45, 7) is 6.94. The van der Waals surface area contributed by atoms with Crippen LogP contribution in [0.5, 0.6) is 0 Å². The molecule has 0 bridgehead atoms. The van der Waals surface area contributed by atoms with Crippen molar-refractivity contribution < 1.29 is 17.9 Å². The van der Waals surface area contributed by atoms with Gasteiger partial charge in [0.2, 0.25) is 10.0 Å². The second kappa shape index (κ2) is 10.1. The third-order valence-electron chi connectivity index (χ3n) is 5.09. The van der Waals surface area contributed by atoms with E-state index >= 15 is 0 Å². The van der Waals surface area contributed by atoms with E-state index in [9.17, 15) is 13.2 Å². The quantitative estimate of drug-likeness (QED) is 0.694. The first-order valence-electron chi connectivity index (χ1n) is 10.1. The molecule has 2 aromatic carbocycles. The fraction of sp³-hybridized carbons (Fsp3) is 0.409. The van der Waals surface area contributed by atoms with Crippen molar-refractivity contribution in [2.24, 2.45) is 0 Å². The van der Waals surface area contributed by atoms with Crippen LogP contribution in [0.1, 0.15) is 28.4 Å². The molecule has 30 heavy (non-hydrogen) atoms. The molecule has 1 saturated heterocycles. The van der Waals surface area contributed by atoms with Crippen molar-refractivity contribution >= 4 is 21.6 Å². The molecule has 0 saturated carbocycles.